The van der Waals surface area contributed by atoms with Gasteiger partial charge in [-0.2, -0.15) is 0 Å². The van der Waals surface area contributed by atoms with Crippen LogP contribution >= 0.6 is 0 Å². The molecule has 0 saturated heterocycles. The molecule has 1 rings (SSSR count). The maximum Gasteiger partial charge on any atom is 0.213 e. The van der Waals surface area contributed by atoms with Crippen molar-refractivity contribution >= 4 is 0 Å². The summed E-state index contributed by atoms with van der Waals surface area (Å²) in [7, 11) is 1.61. The zero-order chi connectivity index (χ0) is 9.52. The molecule has 0 amide bonds. The molecule has 4 heteroatoms. The van der Waals surface area contributed by atoms with Crippen LogP contribution in [0.1, 0.15) is 5.56 Å². The maximum absolute atomic E-state index is 8.83. The Balaban J connectivity index is 2.46. The molecule has 0 saturated carbocycles. The van der Waals surface area contributed by atoms with E-state index in [0.29, 0.717) is 19.1 Å². The number of methoxy groups -OCH3 is 1. The first kappa shape index (κ1) is 9.95. The smallest absolute Gasteiger partial charge is 0.213 e. The Morgan fingerprint density at radius 3 is 3.00 bits per heavy atom. The van der Waals surface area contributed by atoms with Crippen molar-refractivity contribution in [3.63, 3.8) is 0 Å². The highest BCUT2D eigenvalue weighted by atomic mass is 16.5. The molecule has 0 aromatic carbocycles. The lowest BCUT2D eigenvalue weighted by Gasteiger charge is -2.04. The van der Waals surface area contributed by atoms with E-state index < -0.39 is 0 Å². The van der Waals surface area contributed by atoms with Gasteiger partial charge >= 0.3 is 0 Å². The molecule has 0 aliphatic carbocycles. The molecule has 1 heterocycles. The maximum atomic E-state index is 8.83. The van der Waals surface area contributed by atoms with Crippen LogP contribution in [0.3, 0.4) is 0 Å². The lowest BCUT2D eigenvalue weighted by molar-refractivity contribution is 0.143. The van der Waals surface area contributed by atoms with Crippen molar-refractivity contribution in [2.45, 2.75) is 6.61 Å². The van der Waals surface area contributed by atoms with Crippen molar-refractivity contribution in [2.24, 2.45) is 0 Å². The summed E-state index contributed by atoms with van der Waals surface area (Å²) in [6, 6.07) is 3.44. The summed E-state index contributed by atoms with van der Waals surface area (Å²) in [5.74, 6) is 0.517. The zero-order valence-corrected chi connectivity index (χ0v) is 7.56. The van der Waals surface area contributed by atoms with E-state index in [4.69, 9.17) is 14.6 Å². The minimum atomic E-state index is 0.00313. The molecular weight excluding hydrogens is 170 g/mol. The van der Waals surface area contributed by atoms with Gasteiger partial charge in [0.15, 0.2) is 0 Å². The molecule has 0 bridgehead atoms. The number of pyridine rings is 1. The third-order valence-corrected chi connectivity index (χ3v) is 1.52. The molecule has 0 spiro atoms. The molecule has 1 aromatic rings. The van der Waals surface area contributed by atoms with Gasteiger partial charge in [0.05, 0.1) is 13.2 Å². The lowest BCUT2D eigenvalue weighted by Crippen LogP contribution is -2.05. The fourth-order valence-electron chi connectivity index (χ4n) is 0.857. The predicted molar refractivity (Wildman–Crippen MR) is 47.5 cm³/mol. The second-order valence-electron chi connectivity index (χ2n) is 2.50. The van der Waals surface area contributed by atoms with Crippen LogP contribution in [0.5, 0.6) is 5.88 Å². The number of ether oxygens (including phenoxy) is 2. The van der Waals surface area contributed by atoms with Crippen molar-refractivity contribution in [1.82, 2.24) is 4.98 Å². The largest absolute Gasteiger partial charge is 0.475 e. The van der Waals surface area contributed by atoms with E-state index in [1.54, 1.807) is 25.4 Å². The zero-order valence-electron chi connectivity index (χ0n) is 7.56. The standard InChI is InChI=1S/C9H13NO3/c1-12-4-5-13-9-6-8(7-11)2-3-10-9/h2-3,6,11H,4-5,7H2,1H3. The van der Waals surface area contributed by atoms with Crippen LogP contribution in [0, 0.1) is 0 Å². The molecular formula is C9H13NO3. The van der Waals surface area contributed by atoms with E-state index in [-0.39, 0.29) is 6.61 Å². The van der Waals surface area contributed by atoms with Crippen molar-refractivity contribution in [2.75, 3.05) is 20.3 Å². The summed E-state index contributed by atoms with van der Waals surface area (Å²) in [5, 5.41) is 8.83. The van der Waals surface area contributed by atoms with Crippen LogP contribution in [0.25, 0.3) is 0 Å². The summed E-state index contributed by atoms with van der Waals surface area (Å²) in [5.41, 5.74) is 0.794. The van der Waals surface area contributed by atoms with E-state index in [1.807, 2.05) is 0 Å². The Hall–Kier alpha value is -1.13. The summed E-state index contributed by atoms with van der Waals surface area (Å²) in [6.45, 7) is 1.01. The Kier molecular flexibility index (Phi) is 4.21. The highest BCUT2D eigenvalue weighted by Gasteiger charge is 1.96. The molecule has 0 aliphatic rings. The van der Waals surface area contributed by atoms with E-state index in [2.05, 4.69) is 4.98 Å². The molecule has 0 atom stereocenters. The van der Waals surface area contributed by atoms with Crippen LogP contribution in [-0.2, 0) is 11.3 Å². The van der Waals surface area contributed by atoms with E-state index in [1.165, 1.54) is 0 Å². The van der Waals surface area contributed by atoms with Gasteiger partial charge < -0.3 is 14.6 Å². The van der Waals surface area contributed by atoms with Gasteiger partial charge in [0.1, 0.15) is 6.61 Å². The predicted octanol–water partition coefficient (Wildman–Crippen LogP) is 0.599. The van der Waals surface area contributed by atoms with Crippen LogP contribution in [0.2, 0.25) is 0 Å². The van der Waals surface area contributed by atoms with Gasteiger partial charge in [0.2, 0.25) is 5.88 Å². The molecule has 72 valence electrons. The fraction of sp³-hybridized carbons (Fsp3) is 0.444. The van der Waals surface area contributed by atoms with E-state index >= 15 is 0 Å². The van der Waals surface area contributed by atoms with E-state index in [0.717, 1.165) is 5.56 Å². The summed E-state index contributed by atoms with van der Waals surface area (Å²) < 4.78 is 10.1. The Morgan fingerprint density at radius 2 is 2.31 bits per heavy atom. The van der Waals surface area contributed by atoms with Gasteiger partial charge in [0.25, 0.3) is 0 Å². The number of aliphatic hydroxyl groups excluding tert-OH is 1. The van der Waals surface area contributed by atoms with Gasteiger partial charge in [-0.15, -0.1) is 0 Å². The second kappa shape index (κ2) is 5.50. The average molecular weight is 183 g/mol. The highest BCUT2D eigenvalue weighted by Crippen LogP contribution is 2.08. The molecule has 1 N–H and O–H groups in total. The quantitative estimate of drug-likeness (QED) is 0.679. The van der Waals surface area contributed by atoms with Gasteiger partial charge in [0, 0.05) is 19.4 Å². The lowest BCUT2D eigenvalue weighted by atomic mass is 10.3. The second-order valence-corrected chi connectivity index (χ2v) is 2.50. The van der Waals surface area contributed by atoms with Gasteiger partial charge in [-0.3, -0.25) is 0 Å². The first-order valence-corrected chi connectivity index (χ1v) is 4.04. The third-order valence-electron chi connectivity index (χ3n) is 1.52. The fourth-order valence-corrected chi connectivity index (χ4v) is 0.857. The number of rotatable bonds is 5. The average Bonchev–Trinajstić information content (AvgIpc) is 2.19. The summed E-state index contributed by atoms with van der Waals surface area (Å²) >= 11 is 0. The monoisotopic (exact) mass is 183 g/mol. The van der Waals surface area contributed by atoms with Crippen LogP contribution < -0.4 is 4.74 Å². The first-order valence-electron chi connectivity index (χ1n) is 4.04. The van der Waals surface area contributed by atoms with Crippen LogP contribution in [0.15, 0.2) is 18.3 Å². The number of aromatic nitrogens is 1. The molecule has 1 aromatic heterocycles. The van der Waals surface area contributed by atoms with E-state index in [9.17, 15) is 0 Å². The molecule has 0 fully saturated rings. The van der Waals surface area contributed by atoms with Crippen LogP contribution in [0.4, 0.5) is 0 Å². The Bertz CT molecular complexity index is 252. The van der Waals surface area contributed by atoms with Crippen molar-refractivity contribution < 1.29 is 14.6 Å². The molecule has 0 unspecified atom stereocenters. The minimum Gasteiger partial charge on any atom is -0.475 e. The molecule has 4 nitrogen and oxygen atoms in total. The molecule has 13 heavy (non-hydrogen) atoms. The molecule has 0 aliphatic heterocycles. The minimum absolute atomic E-state index is 0.00313. The topological polar surface area (TPSA) is 51.6 Å². The van der Waals surface area contributed by atoms with Crippen molar-refractivity contribution in [3.05, 3.63) is 23.9 Å². The van der Waals surface area contributed by atoms with Gasteiger partial charge in [-0.1, -0.05) is 0 Å². The van der Waals surface area contributed by atoms with Crippen molar-refractivity contribution in [3.8, 4) is 5.88 Å². The first-order chi connectivity index (χ1) is 6.36. The summed E-state index contributed by atoms with van der Waals surface area (Å²) in [4.78, 5) is 3.97. The Labute approximate surface area is 77.1 Å². The number of aliphatic hydroxyl groups is 1. The van der Waals surface area contributed by atoms with Crippen LogP contribution in [-0.4, -0.2) is 30.4 Å². The SMILES string of the molecule is COCCOc1cc(CO)ccn1. The highest BCUT2D eigenvalue weighted by molar-refractivity contribution is 5.19. The van der Waals surface area contributed by atoms with Crippen molar-refractivity contribution in [1.29, 1.82) is 0 Å². The number of hydrogen-bond acceptors (Lipinski definition) is 4. The number of nitrogens with zero attached hydrogens (tertiary/aromatic N) is 1. The third kappa shape index (κ3) is 3.40. The normalized spacial score (nSPS) is 10.0. The van der Waals surface area contributed by atoms with Gasteiger partial charge in [-0.25, -0.2) is 4.98 Å². The molecule has 0 radical (unpaired) electrons. The number of hydrogen-bond donors (Lipinski definition) is 1. The van der Waals surface area contributed by atoms with Gasteiger partial charge in [-0.05, 0) is 11.6 Å². The summed E-state index contributed by atoms with van der Waals surface area (Å²) in [6.07, 6.45) is 1.60. The Morgan fingerprint density at radius 1 is 1.46 bits per heavy atom.